The summed E-state index contributed by atoms with van der Waals surface area (Å²) in [5, 5.41) is 14.9. The first-order valence-electron chi connectivity index (χ1n) is 3.72. The highest BCUT2D eigenvalue weighted by molar-refractivity contribution is 5.68. The Morgan fingerprint density at radius 1 is 1.67 bits per heavy atom. The van der Waals surface area contributed by atoms with E-state index >= 15 is 0 Å². The maximum absolute atomic E-state index is 10.3. The Morgan fingerprint density at radius 3 is 2.75 bits per heavy atom. The molecule has 1 rings (SSSR count). The molecule has 0 radical (unpaired) electrons. The molecular weight excluding hydrogens is 158 g/mol. The molecule has 1 aromatic rings. The number of rotatable bonds is 3. The molecule has 5 nitrogen and oxygen atoms in total. The minimum atomic E-state index is -0.913. The number of carboxylic acids is 1. The Balaban J connectivity index is 2.70. The number of carbonyl (C=O) groups is 1. The lowest BCUT2D eigenvalue weighted by Gasteiger charge is -1.94. The van der Waals surface area contributed by atoms with Gasteiger partial charge >= 0.3 is 5.97 Å². The topological polar surface area (TPSA) is 78.9 Å². The van der Waals surface area contributed by atoms with Crippen molar-refractivity contribution in [2.75, 3.05) is 0 Å². The van der Waals surface area contributed by atoms with Crippen molar-refractivity contribution in [1.82, 2.24) is 15.2 Å². The van der Waals surface area contributed by atoms with Crippen molar-refractivity contribution in [2.45, 2.75) is 26.2 Å². The average Bonchev–Trinajstić information content (AvgIpc) is 2.34. The summed E-state index contributed by atoms with van der Waals surface area (Å²) < 4.78 is 0. The summed E-state index contributed by atoms with van der Waals surface area (Å²) in [5.41, 5.74) is 0. The lowest BCUT2D eigenvalue weighted by Crippen LogP contribution is -2.01. The second-order valence-corrected chi connectivity index (χ2v) is 2.86. The van der Waals surface area contributed by atoms with Gasteiger partial charge in [0.2, 0.25) is 0 Å². The molecule has 0 saturated heterocycles. The molecule has 0 fully saturated rings. The third-order valence-corrected chi connectivity index (χ3v) is 1.41. The predicted octanol–water partition coefficient (Wildman–Crippen LogP) is 0.555. The molecule has 5 heteroatoms. The van der Waals surface area contributed by atoms with Crippen molar-refractivity contribution >= 4 is 5.97 Å². The number of carboxylic acid groups (broad SMARTS) is 1. The Morgan fingerprint density at radius 2 is 2.33 bits per heavy atom. The zero-order valence-electron chi connectivity index (χ0n) is 7.03. The number of hydrogen-bond donors (Lipinski definition) is 2. The standard InChI is InChI=1S/C7H11N3O2/c1-4(2)7-8-5(9-10-7)3-6(11)12/h4H,3H2,1-2H3,(H,11,12)(H,8,9,10). The van der Waals surface area contributed by atoms with Crippen molar-refractivity contribution in [1.29, 1.82) is 0 Å². The third-order valence-electron chi connectivity index (χ3n) is 1.41. The van der Waals surface area contributed by atoms with Gasteiger partial charge in [-0.25, -0.2) is 4.98 Å². The van der Waals surface area contributed by atoms with E-state index < -0.39 is 5.97 Å². The molecule has 1 aromatic heterocycles. The fraction of sp³-hybridized carbons (Fsp3) is 0.571. The van der Waals surface area contributed by atoms with Crippen LogP contribution in [0.4, 0.5) is 0 Å². The van der Waals surface area contributed by atoms with Gasteiger partial charge in [0.15, 0.2) is 5.82 Å². The zero-order chi connectivity index (χ0) is 9.14. The summed E-state index contributed by atoms with van der Waals surface area (Å²) in [4.78, 5) is 14.3. The van der Waals surface area contributed by atoms with Crippen LogP contribution in [0.25, 0.3) is 0 Å². The van der Waals surface area contributed by atoms with Gasteiger partial charge in [-0.1, -0.05) is 13.8 Å². The molecule has 66 valence electrons. The van der Waals surface area contributed by atoms with Crippen molar-refractivity contribution in [3.63, 3.8) is 0 Å². The molecule has 0 amide bonds. The summed E-state index contributed by atoms with van der Waals surface area (Å²) in [6, 6.07) is 0. The molecule has 0 saturated carbocycles. The number of aliphatic carboxylic acids is 1. The van der Waals surface area contributed by atoms with Crippen LogP contribution in [0.5, 0.6) is 0 Å². The van der Waals surface area contributed by atoms with Gasteiger partial charge in [-0.05, 0) is 0 Å². The molecule has 0 aromatic carbocycles. The quantitative estimate of drug-likeness (QED) is 0.692. The van der Waals surface area contributed by atoms with E-state index in [1.807, 2.05) is 13.8 Å². The van der Waals surface area contributed by atoms with Gasteiger partial charge in [0, 0.05) is 5.92 Å². The highest BCUT2D eigenvalue weighted by Gasteiger charge is 2.08. The zero-order valence-corrected chi connectivity index (χ0v) is 7.03. The molecular formula is C7H11N3O2. The number of hydrogen-bond acceptors (Lipinski definition) is 3. The maximum Gasteiger partial charge on any atom is 0.311 e. The van der Waals surface area contributed by atoms with E-state index in [4.69, 9.17) is 5.11 Å². The Kier molecular flexibility index (Phi) is 2.42. The molecule has 0 aliphatic heterocycles. The van der Waals surface area contributed by atoms with Gasteiger partial charge in [-0.2, -0.15) is 5.10 Å². The van der Waals surface area contributed by atoms with Gasteiger partial charge in [-0.3, -0.25) is 9.89 Å². The summed E-state index contributed by atoms with van der Waals surface area (Å²) in [6.45, 7) is 3.93. The van der Waals surface area contributed by atoms with Crippen molar-refractivity contribution in [3.05, 3.63) is 11.6 Å². The smallest absolute Gasteiger partial charge is 0.311 e. The average molecular weight is 169 g/mol. The van der Waals surface area contributed by atoms with Crippen LogP contribution in [0.1, 0.15) is 31.4 Å². The molecule has 0 aliphatic carbocycles. The molecule has 2 N–H and O–H groups in total. The Labute approximate surface area is 69.8 Å². The van der Waals surface area contributed by atoms with E-state index in [-0.39, 0.29) is 12.3 Å². The molecule has 1 heterocycles. The largest absolute Gasteiger partial charge is 0.481 e. The highest BCUT2D eigenvalue weighted by atomic mass is 16.4. The third kappa shape index (κ3) is 2.05. The fourth-order valence-electron chi connectivity index (χ4n) is 0.783. The number of H-pyrrole nitrogens is 1. The summed E-state index contributed by atoms with van der Waals surface area (Å²) >= 11 is 0. The molecule has 12 heavy (non-hydrogen) atoms. The second-order valence-electron chi connectivity index (χ2n) is 2.86. The van der Waals surface area contributed by atoms with Gasteiger partial charge < -0.3 is 5.11 Å². The van der Waals surface area contributed by atoms with Crippen LogP contribution in [0, 0.1) is 0 Å². The molecule has 0 aliphatic rings. The SMILES string of the molecule is CC(C)c1nc(CC(=O)O)n[nH]1. The van der Waals surface area contributed by atoms with Crippen molar-refractivity contribution in [2.24, 2.45) is 0 Å². The van der Waals surface area contributed by atoms with Crippen molar-refractivity contribution < 1.29 is 9.90 Å². The van der Waals surface area contributed by atoms with Crippen LogP contribution in [-0.4, -0.2) is 26.3 Å². The molecule has 0 spiro atoms. The van der Waals surface area contributed by atoms with Gasteiger partial charge in [-0.15, -0.1) is 0 Å². The van der Waals surface area contributed by atoms with E-state index in [0.717, 1.165) is 5.82 Å². The fourth-order valence-corrected chi connectivity index (χ4v) is 0.783. The summed E-state index contributed by atoms with van der Waals surface area (Å²) in [6.07, 6.45) is -0.122. The van der Waals surface area contributed by atoms with Crippen LogP contribution >= 0.6 is 0 Å². The van der Waals surface area contributed by atoms with E-state index in [0.29, 0.717) is 5.82 Å². The molecule has 0 atom stereocenters. The normalized spacial score (nSPS) is 10.6. The number of nitrogens with zero attached hydrogens (tertiary/aromatic N) is 2. The van der Waals surface area contributed by atoms with Gasteiger partial charge in [0.25, 0.3) is 0 Å². The monoisotopic (exact) mass is 169 g/mol. The summed E-state index contributed by atoms with van der Waals surface area (Å²) in [7, 11) is 0. The number of aromatic amines is 1. The minimum Gasteiger partial charge on any atom is -0.481 e. The second kappa shape index (κ2) is 3.34. The Hall–Kier alpha value is -1.39. The number of aromatic nitrogens is 3. The highest BCUT2D eigenvalue weighted by Crippen LogP contribution is 2.07. The van der Waals surface area contributed by atoms with Crippen LogP contribution in [0.2, 0.25) is 0 Å². The summed E-state index contributed by atoms with van der Waals surface area (Å²) in [5.74, 6) is 0.404. The first-order chi connectivity index (χ1) is 5.59. The van der Waals surface area contributed by atoms with Crippen LogP contribution in [-0.2, 0) is 11.2 Å². The van der Waals surface area contributed by atoms with E-state index in [2.05, 4.69) is 15.2 Å². The minimum absolute atomic E-state index is 0.122. The van der Waals surface area contributed by atoms with Crippen LogP contribution < -0.4 is 0 Å². The van der Waals surface area contributed by atoms with Crippen LogP contribution in [0.3, 0.4) is 0 Å². The van der Waals surface area contributed by atoms with Crippen LogP contribution in [0.15, 0.2) is 0 Å². The van der Waals surface area contributed by atoms with E-state index in [9.17, 15) is 4.79 Å². The first kappa shape index (κ1) is 8.70. The lowest BCUT2D eigenvalue weighted by molar-refractivity contribution is -0.136. The maximum atomic E-state index is 10.3. The molecule has 0 unspecified atom stereocenters. The predicted molar refractivity (Wildman–Crippen MR) is 41.8 cm³/mol. The number of nitrogens with one attached hydrogen (secondary N) is 1. The van der Waals surface area contributed by atoms with Gasteiger partial charge in [0.1, 0.15) is 12.2 Å². The Bertz CT molecular complexity index is 280. The van der Waals surface area contributed by atoms with Crippen molar-refractivity contribution in [3.8, 4) is 0 Å². The molecule has 0 bridgehead atoms. The first-order valence-corrected chi connectivity index (χ1v) is 3.72. The lowest BCUT2D eigenvalue weighted by atomic mass is 10.2. The van der Waals surface area contributed by atoms with E-state index in [1.165, 1.54) is 0 Å². The van der Waals surface area contributed by atoms with Gasteiger partial charge in [0.05, 0.1) is 0 Å². The van der Waals surface area contributed by atoms with E-state index in [1.54, 1.807) is 0 Å².